The summed E-state index contributed by atoms with van der Waals surface area (Å²) in [5.41, 5.74) is 3.24. The number of morpholine rings is 1. The normalized spacial score (nSPS) is 33.3. The second-order valence-corrected chi connectivity index (χ2v) is 10.8. The fourth-order valence-corrected chi connectivity index (χ4v) is 6.49. The van der Waals surface area contributed by atoms with Crippen LogP contribution in [0.2, 0.25) is 0 Å². The van der Waals surface area contributed by atoms with Crippen LogP contribution in [0.1, 0.15) is 56.1 Å². The number of carbonyl (C=O) groups excluding carboxylic acids is 1. The van der Waals surface area contributed by atoms with Gasteiger partial charge in [0.05, 0.1) is 18.9 Å². The minimum Gasteiger partial charge on any atom is -0.379 e. The standard InChI is InChI=1S/C28H42N4O2/c1-21-8-7-9-23-18-25(30-26(21)23)27(33)31-28(24-10-5-3-2-4-6-11-24)19-22(12-13-29-28)20-32-14-16-34-17-15-32/h5,7-10,22,24-25,29-30H,2-4,6,11-20H2,1H3,(H,31,33)/b10-5-. The van der Waals surface area contributed by atoms with E-state index in [1.807, 2.05) is 0 Å². The third-order valence-corrected chi connectivity index (χ3v) is 8.38. The maximum absolute atomic E-state index is 13.7. The number of ether oxygens (including phenoxy) is 1. The summed E-state index contributed by atoms with van der Waals surface area (Å²) in [7, 11) is 0. The van der Waals surface area contributed by atoms with Gasteiger partial charge in [-0.1, -0.05) is 43.2 Å². The Morgan fingerprint density at radius 2 is 2.09 bits per heavy atom. The summed E-state index contributed by atoms with van der Waals surface area (Å²) in [6, 6.07) is 6.15. The van der Waals surface area contributed by atoms with Crippen molar-refractivity contribution in [1.82, 2.24) is 15.5 Å². The van der Waals surface area contributed by atoms with Crippen LogP contribution in [0.4, 0.5) is 5.69 Å². The summed E-state index contributed by atoms with van der Waals surface area (Å²) in [6.07, 6.45) is 13.7. The number of anilines is 1. The first-order valence-corrected chi connectivity index (χ1v) is 13.5. The number of nitrogens with zero attached hydrogens (tertiary/aromatic N) is 1. The number of hydrogen-bond acceptors (Lipinski definition) is 5. The first kappa shape index (κ1) is 23.8. The highest BCUT2D eigenvalue weighted by Gasteiger charge is 2.44. The van der Waals surface area contributed by atoms with Gasteiger partial charge in [-0.25, -0.2) is 0 Å². The van der Waals surface area contributed by atoms with Crippen LogP contribution in [0, 0.1) is 18.8 Å². The van der Waals surface area contributed by atoms with Crippen LogP contribution in [-0.4, -0.2) is 61.9 Å². The quantitative estimate of drug-likeness (QED) is 0.579. The van der Waals surface area contributed by atoms with Gasteiger partial charge in [-0.2, -0.15) is 0 Å². The molecule has 0 aromatic heterocycles. The third-order valence-electron chi connectivity index (χ3n) is 8.38. The molecule has 2 saturated heterocycles. The lowest BCUT2D eigenvalue weighted by atomic mass is 9.76. The second-order valence-electron chi connectivity index (χ2n) is 10.8. The molecule has 3 aliphatic heterocycles. The van der Waals surface area contributed by atoms with Gasteiger partial charge < -0.3 is 15.4 Å². The highest BCUT2D eigenvalue weighted by atomic mass is 16.5. The Hall–Kier alpha value is -1.89. The van der Waals surface area contributed by atoms with Gasteiger partial charge in [-0.05, 0) is 62.6 Å². The summed E-state index contributed by atoms with van der Waals surface area (Å²) in [4.78, 5) is 16.3. The lowest BCUT2D eigenvalue weighted by molar-refractivity contribution is -0.125. The zero-order valence-electron chi connectivity index (χ0n) is 20.8. The largest absolute Gasteiger partial charge is 0.379 e. The van der Waals surface area contributed by atoms with Crippen LogP contribution in [0.15, 0.2) is 30.4 Å². The predicted octanol–water partition coefficient (Wildman–Crippen LogP) is 3.61. The maximum Gasteiger partial charge on any atom is 0.244 e. The molecule has 4 unspecified atom stereocenters. The van der Waals surface area contributed by atoms with Crippen LogP contribution in [0.25, 0.3) is 0 Å². The number of aryl methyl sites for hydroxylation is 1. The molecular weight excluding hydrogens is 424 g/mol. The predicted molar refractivity (Wildman–Crippen MR) is 137 cm³/mol. The molecule has 3 N–H and O–H groups in total. The third kappa shape index (κ3) is 5.34. The Morgan fingerprint density at radius 1 is 1.21 bits per heavy atom. The van der Waals surface area contributed by atoms with Gasteiger partial charge in [-0.3, -0.25) is 15.0 Å². The monoisotopic (exact) mass is 466 g/mol. The number of amides is 1. The summed E-state index contributed by atoms with van der Waals surface area (Å²) < 4.78 is 5.57. The van der Waals surface area contributed by atoms with Crippen LogP contribution in [0.5, 0.6) is 0 Å². The van der Waals surface area contributed by atoms with Gasteiger partial charge in [0.15, 0.2) is 0 Å². The summed E-state index contributed by atoms with van der Waals surface area (Å²) in [6.45, 7) is 7.90. The first-order valence-electron chi connectivity index (χ1n) is 13.5. The van der Waals surface area contributed by atoms with Crippen molar-refractivity contribution in [3.8, 4) is 0 Å². The summed E-state index contributed by atoms with van der Waals surface area (Å²) >= 11 is 0. The number of hydrogen-bond donors (Lipinski definition) is 3. The number of allylic oxidation sites excluding steroid dienone is 1. The molecule has 0 saturated carbocycles. The van der Waals surface area contributed by atoms with E-state index in [0.29, 0.717) is 11.8 Å². The number of benzene rings is 1. The Kier molecular flexibility index (Phi) is 7.57. The van der Waals surface area contributed by atoms with Gasteiger partial charge in [-0.15, -0.1) is 0 Å². The highest BCUT2D eigenvalue weighted by Crippen LogP contribution is 2.36. The Bertz CT molecular complexity index is 881. The number of fused-ring (bicyclic) bond motifs is 1. The van der Waals surface area contributed by atoms with Gasteiger partial charge in [0.1, 0.15) is 6.04 Å². The number of carbonyl (C=O) groups is 1. The van der Waals surface area contributed by atoms with Crippen molar-refractivity contribution < 1.29 is 9.53 Å². The molecule has 1 aromatic carbocycles. The average molecular weight is 467 g/mol. The molecule has 4 atom stereocenters. The molecule has 0 bridgehead atoms. The molecule has 2 fully saturated rings. The van der Waals surface area contributed by atoms with E-state index in [-0.39, 0.29) is 17.6 Å². The van der Waals surface area contributed by atoms with E-state index in [1.54, 1.807) is 0 Å². The fourth-order valence-electron chi connectivity index (χ4n) is 6.49. The van der Waals surface area contributed by atoms with Crippen molar-refractivity contribution in [3.05, 3.63) is 41.5 Å². The summed E-state index contributed by atoms with van der Waals surface area (Å²) in [5.74, 6) is 1.04. The lowest BCUT2D eigenvalue weighted by Crippen LogP contribution is -2.68. The molecule has 0 spiro atoms. The molecule has 5 rings (SSSR count). The molecule has 1 aliphatic carbocycles. The molecule has 6 heteroatoms. The van der Waals surface area contributed by atoms with E-state index in [1.165, 1.54) is 30.4 Å². The van der Waals surface area contributed by atoms with Gasteiger partial charge in [0, 0.05) is 37.7 Å². The molecular formula is C28H42N4O2. The average Bonchev–Trinajstić information content (AvgIpc) is 3.26. The summed E-state index contributed by atoms with van der Waals surface area (Å²) in [5, 5.41) is 11.0. The van der Waals surface area contributed by atoms with E-state index in [4.69, 9.17) is 4.74 Å². The van der Waals surface area contributed by atoms with E-state index < -0.39 is 0 Å². The molecule has 1 amide bonds. The van der Waals surface area contributed by atoms with Crippen molar-refractivity contribution in [2.45, 2.75) is 70.0 Å². The minimum atomic E-state index is -0.369. The number of piperidine rings is 1. The molecule has 4 aliphatic rings. The van der Waals surface area contributed by atoms with Crippen molar-refractivity contribution in [3.63, 3.8) is 0 Å². The van der Waals surface area contributed by atoms with Crippen molar-refractivity contribution in [1.29, 1.82) is 0 Å². The number of rotatable bonds is 5. The van der Waals surface area contributed by atoms with Crippen LogP contribution in [-0.2, 0) is 16.0 Å². The zero-order valence-corrected chi connectivity index (χ0v) is 20.8. The van der Waals surface area contributed by atoms with E-state index in [2.05, 4.69) is 58.1 Å². The van der Waals surface area contributed by atoms with Crippen LogP contribution in [0.3, 0.4) is 0 Å². The van der Waals surface area contributed by atoms with Crippen molar-refractivity contribution >= 4 is 11.6 Å². The topological polar surface area (TPSA) is 65.6 Å². The molecule has 186 valence electrons. The Morgan fingerprint density at radius 3 is 2.94 bits per heavy atom. The Balaban J connectivity index is 1.34. The van der Waals surface area contributed by atoms with Crippen molar-refractivity contribution in [2.75, 3.05) is 44.7 Å². The van der Waals surface area contributed by atoms with Crippen LogP contribution < -0.4 is 16.0 Å². The van der Waals surface area contributed by atoms with Gasteiger partial charge >= 0.3 is 0 Å². The molecule has 34 heavy (non-hydrogen) atoms. The fraction of sp³-hybridized carbons (Fsp3) is 0.679. The van der Waals surface area contributed by atoms with E-state index in [0.717, 1.165) is 77.2 Å². The maximum atomic E-state index is 13.7. The SMILES string of the molecule is Cc1cccc2c1NC(C(=O)NC1(C3/C=C\CCCCC3)CC(CN3CCOCC3)CCN1)C2. The smallest absolute Gasteiger partial charge is 0.244 e. The van der Waals surface area contributed by atoms with Gasteiger partial charge in [0.25, 0.3) is 0 Å². The van der Waals surface area contributed by atoms with E-state index in [9.17, 15) is 4.79 Å². The molecule has 6 nitrogen and oxygen atoms in total. The lowest BCUT2D eigenvalue weighted by Gasteiger charge is -2.48. The Labute approximate surface area is 204 Å². The van der Waals surface area contributed by atoms with Gasteiger partial charge in [0.2, 0.25) is 5.91 Å². The molecule has 1 aromatic rings. The zero-order chi connectivity index (χ0) is 23.4. The van der Waals surface area contributed by atoms with Crippen LogP contribution >= 0.6 is 0 Å². The first-order chi connectivity index (χ1) is 16.6. The van der Waals surface area contributed by atoms with E-state index >= 15 is 0 Å². The van der Waals surface area contributed by atoms with Crippen molar-refractivity contribution in [2.24, 2.45) is 11.8 Å². The highest BCUT2D eigenvalue weighted by molar-refractivity contribution is 5.88. The number of para-hydroxylation sites is 1. The number of nitrogens with one attached hydrogen (secondary N) is 3. The molecule has 3 heterocycles. The second kappa shape index (κ2) is 10.8. The minimum absolute atomic E-state index is 0.130. The molecule has 0 radical (unpaired) electrons.